The van der Waals surface area contributed by atoms with Crippen molar-refractivity contribution < 1.29 is 8.42 Å². The van der Waals surface area contributed by atoms with Gasteiger partial charge in [-0.25, -0.2) is 13.1 Å². The highest BCUT2D eigenvalue weighted by molar-refractivity contribution is 9.11. The summed E-state index contributed by atoms with van der Waals surface area (Å²) >= 11 is 16.1. The first-order chi connectivity index (χ1) is 7.74. The summed E-state index contributed by atoms with van der Waals surface area (Å²) in [6.07, 6.45) is 0. The SMILES string of the molecule is Cc1sc(Br)cc1S(=O)(=O)NC(C)(CCl)CCl. The molecule has 0 radical (unpaired) electrons. The number of nitrogens with one attached hydrogen (secondary N) is 1. The van der Waals surface area contributed by atoms with E-state index in [-0.39, 0.29) is 16.7 Å². The van der Waals surface area contributed by atoms with Gasteiger partial charge in [0, 0.05) is 16.6 Å². The standard InChI is InChI=1S/C9H12BrCl2NO2S2/c1-6-7(3-8(10)16-6)17(14,15)13-9(2,4-11)5-12/h3,13H,4-5H2,1-2H3. The third-order valence-corrected chi connectivity index (χ3v) is 6.73. The molecule has 17 heavy (non-hydrogen) atoms. The lowest BCUT2D eigenvalue weighted by atomic mass is 10.1. The van der Waals surface area contributed by atoms with Crippen LogP contribution in [-0.2, 0) is 10.0 Å². The van der Waals surface area contributed by atoms with Crippen LogP contribution in [0.25, 0.3) is 0 Å². The molecular weight excluding hydrogens is 369 g/mol. The number of hydrogen-bond donors (Lipinski definition) is 1. The van der Waals surface area contributed by atoms with Gasteiger partial charge in [0.2, 0.25) is 10.0 Å². The Hall–Kier alpha value is 0.670. The van der Waals surface area contributed by atoms with Crippen LogP contribution >= 0.6 is 50.5 Å². The van der Waals surface area contributed by atoms with Crippen LogP contribution in [0.2, 0.25) is 0 Å². The maximum atomic E-state index is 12.2. The molecule has 1 heterocycles. The largest absolute Gasteiger partial charge is 0.242 e. The molecule has 0 saturated heterocycles. The van der Waals surface area contributed by atoms with E-state index in [0.29, 0.717) is 0 Å². The van der Waals surface area contributed by atoms with Gasteiger partial charge in [0.25, 0.3) is 0 Å². The number of aryl methyl sites for hydroxylation is 1. The summed E-state index contributed by atoms with van der Waals surface area (Å²) in [6.45, 7) is 3.42. The Morgan fingerprint density at radius 3 is 2.35 bits per heavy atom. The maximum Gasteiger partial charge on any atom is 0.242 e. The minimum Gasteiger partial charge on any atom is -0.207 e. The van der Waals surface area contributed by atoms with Crippen molar-refractivity contribution in [1.29, 1.82) is 0 Å². The summed E-state index contributed by atoms with van der Waals surface area (Å²) in [4.78, 5) is 0.978. The fourth-order valence-corrected chi connectivity index (χ4v) is 5.57. The van der Waals surface area contributed by atoms with Crippen LogP contribution in [0.5, 0.6) is 0 Å². The number of sulfonamides is 1. The van der Waals surface area contributed by atoms with Crippen molar-refractivity contribution in [3.05, 3.63) is 14.7 Å². The quantitative estimate of drug-likeness (QED) is 0.796. The van der Waals surface area contributed by atoms with E-state index < -0.39 is 15.6 Å². The van der Waals surface area contributed by atoms with E-state index in [2.05, 4.69) is 20.7 Å². The lowest BCUT2D eigenvalue weighted by molar-refractivity contribution is 0.500. The summed E-state index contributed by atoms with van der Waals surface area (Å²) < 4.78 is 27.6. The molecule has 98 valence electrons. The van der Waals surface area contributed by atoms with Crippen LogP contribution in [0.4, 0.5) is 0 Å². The van der Waals surface area contributed by atoms with E-state index in [0.717, 1.165) is 8.66 Å². The molecule has 0 unspecified atom stereocenters. The van der Waals surface area contributed by atoms with E-state index in [1.165, 1.54) is 11.3 Å². The second kappa shape index (κ2) is 5.75. The Kier molecular flexibility index (Phi) is 5.32. The second-order valence-corrected chi connectivity index (χ2v) is 8.73. The zero-order chi connectivity index (χ0) is 13.3. The summed E-state index contributed by atoms with van der Waals surface area (Å²) in [5.74, 6) is 0.222. The molecule has 0 amide bonds. The molecule has 1 aromatic heterocycles. The van der Waals surface area contributed by atoms with Gasteiger partial charge in [-0.3, -0.25) is 0 Å². The Morgan fingerprint density at radius 1 is 1.47 bits per heavy atom. The van der Waals surface area contributed by atoms with E-state index >= 15 is 0 Å². The van der Waals surface area contributed by atoms with Crippen LogP contribution in [0, 0.1) is 6.92 Å². The van der Waals surface area contributed by atoms with Gasteiger partial charge in [0.1, 0.15) is 0 Å². The predicted octanol–water partition coefficient (Wildman–Crippen LogP) is 3.33. The average Bonchev–Trinajstić information content (AvgIpc) is 2.58. The van der Waals surface area contributed by atoms with Crippen molar-refractivity contribution in [1.82, 2.24) is 4.72 Å². The van der Waals surface area contributed by atoms with Crippen LogP contribution in [0.15, 0.2) is 14.7 Å². The molecule has 0 aromatic carbocycles. The second-order valence-electron chi connectivity index (χ2n) is 3.90. The zero-order valence-corrected chi connectivity index (χ0v) is 14.0. The van der Waals surface area contributed by atoms with Crippen molar-refractivity contribution >= 4 is 60.5 Å². The van der Waals surface area contributed by atoms with E-state index in [1.54, 1.807) is 19.9 Å². The molecule has 0 aliphatic heterocycles. The van der Waals surface area contributed by atoms with Gasteiger partial charge in [0.05, 0.1) is 14.2 Å². The first-order valence-electron chi connectivity index (χ1n) is 4.66. The van der Waals surface area contributed by atoms with Gasteiger partial charge in [-0.1, -0.05) is 0 Å². The van der Waals surface area contributed by atoms with Crippen molar-refractivity contribution in [2.24, 2.45) is 0 Å². The van der Waals surface area contributed by atoms with Crippen molar-refractivity contribution in [2.45, 2.75) is 24.3 Å². The van der Waals surface area contributed by atoms with Gasteiger partial charge >= 0.3 is 0 Å². The van der Waals surface area contributed by atoms with Crippen LogP contribution in [0.1, 0.15) is 11.8 Å². The first-order valence-corrected chi connectivity index (χ1v) is 8.82. The topological polar surface area (TPSA) is 46.2 Å². The Bertz CT molecular complexity index is 497. The number of thiophene rings is 1. The zero-order valence-electron chi connectivity index (χ0n) is 9.26. The molecule has 0 fully saturated rings. The highest BCUT2D eigenvalue weighted by atomic mass is 79.9. The van der Waals surface area contributed by atoms with Gasteiger partial charge < -0.3 is 0 Å². The number of hydrogen-bond acceptors (Lipinski definition) is 3. The molecule has 1 rings (SSSR count). The molecule has 1 N–H and O–H groups in total. The van der Waals surface area contributed by atoms with E-state index in [1.807, 2.05) is 0 Å². The molecule has 0 spiro atoms. The van der Waals surface area contributed by atoms with E-state index in [9.17, 15) is 8.42 Å². The fraction of sp³-hybridized carbons (Fsp3) is 0.556. The van der Waals surface area contributed by atoms with Crippen molar-refractivity contribution in [3.63, 3.8) is 0 Å². The fourth-order valence-electron chi connectivity index (χ4n) is 1.17. The van der Waals surface area contributed by atoms with Gasteiger partial charge in [0.15, 0.2) is 0 Å². The Labute approximate surface area is 124 Å². The maximum absolute atomic E-state index is 12.2. The third kappa shape index (κ3) is 3.81. The molecule has 1 aromatic rings. The van der Waals surface area contributed by atoms with Gasteiger partial charge in [-0.2, -0.15) is 0 Å². The van der Waals surface area contributed by atoms with Crippen molar-refractivity contribution in [3.8, 4) is 0 Å². The van der Waals surface area contributed by atoms with Gasteiger partial charge in [-0.15, -0.1) is 34.5 Å². The Morgan fingerprint density at radius 2 is 2.00 bits per heavy atom. The van der Waals surface area contributed by atoms with Crippen LogP contribution in [-0.4, -0.2) is 25.7 Å². The highest BCUT2D eigenvalue weighted by Crippen LogP contribution is 2.30. The van der Waals surface area contributed by atoms with Crippen molar-refractivity contribution in [2.75, 3.05) is 11.8 Å². The minimum absolute atomic E-state index is 0.111. The average molecular weight is 381 g/mol. The number of halogens is 3. The monoisotopic (exact) mass is 379 g/mol. The summed E-state index contributed by atoms with van der Waals surface area (Å²) in [5.41, 5.74) is -0.844. The predicted molar refractivity (Wildman–Crippen MR) is 76.9 cm³/mol. The summed E-state index contributed by atoms with van der Waals surface area (Å²) in [7, 11) is -3.59. The number of rotatable bonds is 5. The molecule has 0 atom stereocenters. The Balaban J connectivity index is 3.09. The summed E-state index contributed by atoms with van der Waals surface area (Å²) in [5, 5.41) is 0. The highest BCUT2D eigenvalue weighted by Gasteiger charge is 2.30. The molecule has 8 heteroatoms. The lowest BCUT2D eigenvalue weighted by Gasteiger charge is -2.25. The lowest BCUT2D eigenvalue weighted by Crippen LogP contribution is -2.49. The molecule has 0 saturated carbocycles. The van der Waals surface area contributed by atoms with Gasteiger partial charge in [-0.05, 0) is 35.8 Å². The number of alkyl halides is 2. The minimum atomic E-state index is -3.59. The first kappa shape index (κ1) is 15.7. The molecule has 3 nitrogen and oxygen atoms in total. The normalized spacial score (nSPS) is 13.0. The third-order valence-electron chi connectivity index (χ3n) is 2.10. The van der Waals surface area contributed by atoms with E-state index in [4.69, 9.17) is 23.2 Å². The summed E-state index contributed by atoms with van der Waals surface area (Å²) in [6, 6.07) is 1.57. The molecule has 0 aliphatic rings. The molecular formula is C9H12BrCl2NO2S2. The van der Waals surface area contributed by atoms with Crippen LogP contribution in [0.3, 0.4) is 0 Å². The smallest absolute Gasteiger partial charge is 0.207 e. The molecule has 0 bridgehead atoms. The molecule has 0 aliphatic carbocycles. The van der Waals surface area contributed by atoms with Crippen LogP contribution < -0.4 is 4.72 Å².